The van der Waals surface area contributed by atoms with E-state index in [1.807, 2.05) is 6.07 Å². The molecule has 2 N–H and O–H groups in total. The monoisotopic (exact) mass is 863 g/mol. The summed E-state index contributed by atoms with van der Waals surface area (Å²) in [6.07, 6.45) is 15.0. The van der Waals surface area contributed by atoms with Gasteiger partial charge in [-0.1, -0.05) is 67.4 Å². The number of aryl methyl sites for hydroxylation is 2. The number of unbranched alkanes of at least 4 members (excludes halogenated alkanes) is 2. The second-order valence-electron chi connectivity index (χ2n) is 18.6. The maximum Gasteiger partial charge on any atom is 0.264 e. The Kier molecular flexibility index (Phi) is 11.5. The zero-order chi connectivity index (χ0) is 43.5. The largest absolute Gasteiger partial charge is 0.456 e. The molecule has 0 fully saturated rings. The van der Waals surface area contributed by atoms with Gasteiger partial charge in [0.1, 0.15) is 18.1 Å². The molecule has 3 aromatic rings. The fourth-order valence-electron chi connectivity index (χ4n) is 10.3. The molecule has 2 aliphatic carbocycles. The summed E-state index contributed by atoms with van der Waals surface area (Å²) in [6, 6.07) is 21.5. The van der Waals surface area contributed by atoms with Gasteiger partial charge in [0.05, 0.1) is 16.9 Å². The molecule has 322 valence electrons. The summed E-state index contributed by atoms with van der Waals surface area (Å²) in [6.45, 7) is 14.5. The van der Waals surface area contributed by atoms with E-state index in [-0.39, 0.29) is 22.3 Å². The summed E-state index contributed by atoms with van der Waals surface area (Å²) in [4.78, 5) is 2.34. The first kappa shape index (κ1) is 43.1. The second-order valence-corrected chi connectivity index (χ2v) is 21.7. The predicted octanol–water partition coefficient (Wildman–Crippen LogP) is 10.5. The van der Waals surface area contributed by atoms with Gasteiger partial charge >= 0.3 is 0 Å². The Morgan fingerprint density at radius 1 is 0.787 bits per heavy atom. The molecule has 3 aliphatic heterocycles. The van der Waals surface area contributed by atoms with Gasteiger partial charge in [0.2, 0.25) is 5.69 Å². The van der Waals surface area contributed by atoms with Crippen LogP contribution in [-0.2, 0) is 31.1 Å². The van der Waals surface area contributed by atoms with E-state index in [0.717, 1.165) is 59.8 Å². The molecule has 1 atom stereocenters. The van der Waals surface area contributed by atoms with E-state index in [0.29, 0.717) is 44.7 Å². The van der Waals surface area contributed by atoms with E-state index in [2.05, 4.69) is 130 Å². The Labute approximate surface area is 362 Å². The van der Waals surface area contributed by atoms with Crippen LogP contribution in [0.2, 0.25) is 0 Å². The van der Waals surface area contributed by atoms with Crippen molar-refractivity contribution >= 4 is 42.9 Å². The molecule has 3 aromatic carbocycles. The molecule has 8 rings (SSSR count). The molecule has 1 unspecified atom stereocenters. The number of nitrogens with zero attached hydrogens (tertiary/aromatic N) is 2. The summed E-state index contributed by atoms with van der Waals surface area (Å²) in [5.74, 6) is 1.68. The zero-order valence-electron chi connectivity index (χ0n) is 36.3. The van der Waals surface area contributed by atoms with E-state index in [9.17, 15) is 25.9 Å². The van der Waals surface area contributed by atoms with Gasteiger partial charge in [0.15, 0.2) is 5.71 Å². The maximum atomic E-state index is 11.5. The van der Waals surface area contributed by atoms with Crippen molar-refractivity contribution in [3.63, 3.8) is 0 Å². The van der Waals surface area contributed by atoms with Crippen LogP contribution in [-0.4, -0.2) is 60.8 Å². The minimum atomic E-state index is -4.02. The lowest BCUT2D eigenvalue weighted by atomic mass is 9.70. The molecule has 9 nitrogen and oxygen atoms in total. The minimum Gasteiger partial charge on any atom is -0.456 e. The molecule has 0 saturated carbocycles. The van der Waals surface area contributed by atoms with Crippen molar-refractivity contribution in [2.24, 2.45) is 5.92 Å². The van der Waals surface area contributed by atoms with E-state index in [1.165, 1.54) is 50.2 Å². The van der Waals surface area contributed by atoms with Crippen LogP contribution >= 0.6 is 0 Å². The Bertz CT molecular complexity index is 2710. The van der Waals surface area contributed by atoms with Crippen molar-refractivity contribution in [1.82, 2.24) is 0 Å². The molecule has 5 aliphatic rings. The number of hydrogen-bond acceptors (Lipinski definition) is 6. The predicted molar refractivity (Wildman–Crippen MR) is 245 cm³/mol. The number of hydrogen-bond donors (Lipinski definition) is 2. The molecule has 0 spiro atoms. The highest BCUT2D eigenvalue weighted by molar-refractivity contribution is 7.86. The number of benzene rings is 3. The molecule has 11 heteroatoms. The second kappa shape index (κ2) is 16.3. The number of allylic oxidation sites excluding steroid dienone is 9. The van der Waals surface area contributed by atoms with Crippen LogP contribution in [0.15, 0.2) is 113 Å². The average molecular weight is 864 g/mol. The third kappa shape index (κ3) is 8.51. The molecule has 61 heavy (non-hydrogen) atoms. The highest BCUT2D eigenvalue weighted by Gasteiger charge is 2.45. The minimum absolute atomic E-state index is 0.247. The molecule has 0 aromatic heterocycles. The van der Waals surface area contributed by atoms with Crippen molar-refractivity contribution in [2.75, 3.05) is 29.5 Å². The first-order chi connectivity index (χ1) is 28.8. The van der Waals surface area contributed by atoms with Gasteiger partial charge in [-0.3, -0.25) is 9.11 Å². The lowest BCUT2D eigenvalue weighted by molar-refractivity contribution is -0.438. The quantitative estimate of drug-likeness (QED) is 0.0989. The summed E-state index contributed by atoms with van der Waals surface area (Å²) in [5, 5.41) is 0. The van der Waals surface area contributed by atoms with Crippen LogP contribution in [0.3, 0.4) is 0 Å². The van der Waals surface area contributed by atoms with Crippen molar-refractivity contribution in [3.8, 4) is 5.75 Å². The number of para-hydroxylation sites is 1. The lowest BCUT2D eigenvalue weighted by Gasteiger charge is -2.39. The number of fused-ring (bicyclic) bond motifs is 4. The fourth-order valence-corrected chi connectivity index (χ4v) is 11.5. The highest BCUT2D eigenvalue weighted by atomic mass is 32.2. The molecule has 0 amide bonds. The fraction of sp³-hybridized carbons (Fsp3) is 0.420. The Morgan fingerprint density at radius 2 is 1.46 bits per heavy atom. The van der Waals surface area contributed by atoms with Crippen LogP contribution in [0.25, 0.3) is 5.57 Å². The molecule has 0 saturated heterocycles. The van der Waals surface area contributed by atoms with Crippen molar-refractivity contribution < 1.29 is 35.3 Å². The van der Waals surface area contributed by atoms with Gasteiger partial charge in [0, 0.05) is 58.6 Å². The van der Waals surface area contributed by atoms with Crippen LogP contribution in [0.1, 0.15) is 107 Å². The normalized spacial score (nSPS) is 21.6. The average Bonchev–Trinajstić information content (AvgIpc) is 3.53. The lowest BCUT2D eigenvalue weighted by Crippen LogP contribution is -2.28. The topological polar surface area (TPSA) is 124 Å². The first-order valence-electron chi connectivity index (χ1n) is 21.7. The number of rotatable bonds is 13. The van der Waals surface area contributed by atoms with Gasteiger partial charge in [-0.2, -0.15) is 21.4 Å². The van der Waals surface area contributed by atoms with Gasteiger partial charge < -0.3 is 9.64 Å². The molecule has 3 heterocycles. The Hall–Kier alpha value is -4.55. The molecular weight excluding hydrogens is 805 g/mol. The summed E-state index contributed by atoms with van der Waals surface area (Å²) < 4.78 is 74.2. The molecular formula is C50H59N2O7S2+. The number of ether oxygens (including phenoxy) is 1. The van der Waals surface area contributed by atoms with Crippen LogP contribution in [0.4, 0.5) is 11.4 Å². The smallest absolute Gasteiger partial charge is 0.264 e. The van der Waals surface area contributed by atoms with E-state index >= 15 is 0 Å². The van der Waals surface area contributed by atoms with Crippen molar-refractivity contribution in [3.05, 3.63) is 141 Å². The van der Waals surface area contributed by atoms with Crippen LogP contribution in [0.5, 0.6) is 5.75 Å². The van der Waals surface area contributed by atoms with Gasteiger partial charge in [-0.25, -0.2) is 0 Å². The maximum absolute atomic E-state index is 11.5. The summed E-state index contributed by atoms with van der Waals surface area (Å²) in [7, 11) is -8.05. The van der Waals surface area contributed by atoms with Crippen LogP contribution in [0, 0.1) is 19.8 Å². The summed E-state index contributed by atoms with van der Waals surface area (Å²) >= 11 is 0. The van der Waals surface area contributed by atoms with Gasteiger partial charge in [-0.05, 0) is 131 Å². The van der Waals surface area contributed by atoms with E-state index < -0.39 is 20.2 Å². The zero-order valence-corrected chi connectivity index (χ0v) is 37.9. The van der Waals surface area contributed by atoms with Crippen LogP contribution < -0.4 is 9.64 Å². The summed E-state index contributed by atoms with van der Waals surface area (Å²) in [5.41, 5.74) is 15.0. The Balaban J connectivity index is 1.20. The van der Waals surface area contributed by atoms with E-state index in [4.69, 9.17) is 4.74 Å². The first-order valence-corrected chi connectivity index (χ1v) is 24.9. The SMILES string of the molecule is Cc1ccc2c(c1)C(C)(C)C(=CC=C1CCC3CCC(C=CC4=[N+](CCCCS(=O)(=O)O)c5ccc(C)cc5C4(C)C)=C4Oc5ccccc5C1=C43)N2CCCCS(=O)(=O)O. The Morgan fingerprint density at radius 3 is 2.20 bits per heavy atom. The highest BCUT2D eigenvalue weighted by Crippen LogP contribution is 2.54. The van der Waals surface area contributed by atoms with Gasteiger partial charge in [0.25, 0.3) is 20.2 Å². The van der Waals surface area contributed by atoms with Crippen molar-refractivity contribution in [1.29, 1.82) is 0 Å². The molecule has 0 bridgehead atoms. The standard InChI is InChI=1S/C50H58N2O7S2/c1-33-15-23-41-39(31-33)49(3,4)44(51(41)27-9-11-29-60(53,54)55)25-21-35-17-18-36-19-20-37(48-47(36)46(35)38-13-7-8-14-43(38)59-48)22-26-45-50(5,6)40-32-34(2)16-24-42(40)52(45)28-10-12-30-61(56,57)58/h7-8,13-16,21-26,31-32,36H,9-12,17-20,27-30H2,1-6H3,(H-,53,54,55,56,57,58)/p+1. The van der Waals surface area contributed by atoms with Crippen molar-refractivity contribution in [2.45, 2.75) is 104 Å². The third-order valence-corrected chi connectivity index (χ3v) is 15.1. The number of anilines is 1. The van der Waals surface area contributed by atoms with Gasteiger partial charge in [-0.15, -0.1) is 0 Å². The third-order valence-electron chi connectivity index (χ3n) is 13.5. The van der Waals surface area contributed by atoms with E-state index in [1.54, 1.807) is 0 Å². The molecule has 0 radical (unpaired) electrons.